The van der Waals surface area contributed by atoms with Crippen molar-refractivity contribution in [3.05, 3.63) is 70.8 Å². The van der Waals surface area contributed by atoms with Gasteiger partial charge in [0.1, 0.15) is 16.1 Å². The lowest BCUT2D eigenvalue weighted by molar-refractivity contribution is -0.173. The molecule has 2 aromatic carbocycles. The minimum Gasteiger partial charge on any atom is -0.504 e. The molecule has 0 aromatic heterocycles. The van der Waals surface area contributed by atoms with Gasteiger partial charge in [-0.1, -0.05) is 90.6 Å². The zero-order chi connectivity index (χ0) is 58.7. The number of esters is 1. The lowest BCUT2D eigenvalue weighted by Crippen LogP contribution is -2.56. The standard InChI is InChI=1S/C73H103N5O6S2/c1-3-75-43-49-20-31-67(39-49)35-36-70(72(67)28-9-10-29-72)40-53-16-17-57(70)46-85-86-73(30-12-26-66(73)24-7-8-25-66)77-65(74)76-44-56-18-19-59(50-13-5-4-6-14-50)69(56)42-61(81)78(47-69)45-54-37-51(21-32-68(83-48(2)79)33-23-58(53)60(80)41-68)62-52-22-34-71(84-64(62)63(54)82)27-11-15-55(71)38-52/h4-6,13-14,22,34,37,49,52-53,55-60,75,80,82H,3,7-12,15-21,23-33,35-36,38-47H2,1-2H3,(H3,74,76,77). The van der Waals surface area contributed by atoms with E-state index in [1.54, 1.807) is 6.92 Å². The Kier molecular flexibility index (Phi) is 15.4. The summed E-state index contributed by atoms with van der Waals surface area (Å²) in [6, 6.07) is 13.1. The van der Waals surface area contributed by atoms with E-state index in [2.05, 4.69) is 87.7 Å². The van der Waals surface area contributed by atoms with Gasteiger partial charge in [0.25, 0.3) is 0 Å². The van der Waals surface area contributed by atoms with Crippen LogP contribution in [0.5, 0.6) is 11.5 Å². The molecule has 6 heterocycles. The van der Waals surface area contributed by atoms with Crippen LogP contribution in [-0.2, 0) is 27.3 Å². The van der Waals surface area contributed by atoms with E-state index in [1.807, 2.05) is 4.90 Å². The second kappa shape index (κ2) is 22.5. The van der Waals surface area contributed by atoms with Gasteiger partial charge in [0, 0.05) is 78.9 Å². The summed E-state index contributed by atoms with van der Waals surface area (Å²) in [5, 5.41) is 33.8. The lowest BCUT2D eigenvalue weighted by Gasteiger charge is -2.60. The Morgan fingerprint density at radius 3 is 2.48 bits per heavy atom. The fourth-order valence-electron chi connectivity index (χ4n) is 24.4. The fourth-order valence-corrected chi connectivity index (χ4v) is 28.4. The normalized spacial score (nSPS) is 42.2. The van der Waals surface area contributed by atoms with Gasteiger partial charge < -0.3 is 41.0 Å². The van der Waals surface area contributed by atoms with E-state index < -0.39 is 17.3 Å². The van der Waals surface area contributed by atoms with Gasteiger partial charge in [-0.15, -0.1) is 0 Å². The van der Waals surface area contributed by atoms with Crippen LogP contribution in [0.3, 0.4) is 0 Å². The molecule has 7 spiro atoms. The summed E-state index contributed by atoms with van der Waals surface area (Å²) in [5.74, 6) is 5.11. The number of amides is 1. The number of allylic oxidation sites excluding steroid dienone is 1. The van der Waals surface area contributed by atoms with Crippen molar-refractivity contribution >= 4 is 39.4 Å². The number of aromatic hydroxyl groups is 1. The molecule has 6 aliphatic heterocycles. The molecule has 1 saturated heterocycles. The van der Waals surface area contributed by atoms with Gasteiger partial charge in [-0.2, -0.15) is 0 Å². The van der Waals surface area contributed by atoms with Crippen molar-refractivity contribution in [3.63, 3.8) is 0 Å². The number of aryl methyl sites for hydroxylation is 1. The second-order valence-electron chi connectivity index (χ2n) is 31.5. The quantitative estimate of drug-likeness (QED) is 0.110. The molecule has 16 aliphatic rings. The molecule has 0 radical (unpaired) electrons. The molecule has 15 unspecified atom stereocenters. The number of guanidine groups is 1. The summed E-state index contributed by atoms with van der Waals surface area (Å²) in [6.45, 7) is 7.46. The molecular formula is C73H103N5O6S2. The zero-order valence-corrected chi connectivity index (χ0v) is 53.9. The van der Waals surface area contributed by atoms with Gasteiger partial charge >= 0.3 is 5.97 Å². The number of hydrogen-bond donors (Lipinski definition) is 5. The number of benzene rings is 2. The second-order valence-corrected chi connectivity index (χ2v) is 34.2. The lowest BCUT2D eigenvalue weighted by atomic mass is 9.45. The Bertz CT molecular complexity index is 2960. The third-order valence-electron chi connectivity index (χ3n) is 28.1. The molecule has 6 N–H and O–H groups in total. The van der Waals surface area contributed by atoms with Gasteiger partial charge in [0.05, 0.1) is 6.10 Å². The number of rotatable bonds is 5. The first-order valence-electron chi connectivity index (χ1n) is 35.3. The maximum absolute atomic E-state index is 15.1. The predicted octanol–water partition coefficient (Wildman–Crippen LogP) is 14.6. The monoisotopic (exact) mass is 1210 g/mol. The maximum atomic E-state index is 15.1. The molecule has 15 atom stereocenters. The number of phenols is 1. The van der Waals surface area contributed by atoms with Crippen molar-refractivity contribution in [1.29, 1.82) is 0 Å². The summed E-state index contributed by atoms with van der Waals surface area (Å²) < 4.78 is 14.0. The minimum absolute atomic E-state index is 0.0859. The average molecular weight is 1210 g/mol. The van der Waals surface area contributed by atoms with Crippen molar-refractivity contribution in [1.82, 2.24) is 15.5 Å². The Hall–Kier alpha value is -3.39. The van der Waals surface area contributed by atoms with Crippen molar-refractivity contribution in [3.8, 4) is 11.5 Å². The van der Waals surface area contributed by atoms with Crippen LogP contribution < -0.4 is 21.1 Å². The summed E-state index contributed by atoms with van der Waals surface area (Å²) in [6.07, 6.45) is 38.3. The number of ether oxygens (including phenoxy) is 2. The number of nitrogens with zero attached hydrogens (tertiary/aromatic N) is 2. The molecule has 86 heavy (non-hydrogen) atoms. The first-order chi connectivity index (χ1) is 41.7. The number of carbonyl (C=O) groups is 2. The predicted molar refractivity (Wildman–Crippen MR) is 345 cm³/mol. The minimum atomic E-state index is -0.821. The molecular weight excluding hydrogens is 1110 g/mol. The van der Waals surface area contributed by atoms with E-state index >= 15 is 4.79 Å². The maximum Gasteiger partial charge on any atom is 0.303 e. The number of aliphatic hydroxyl groups excluding tert-OH is 1. The highest BCUT2D eigenvalue weighted by Gasteiger charge is 2.71. The summed E-state index contributed by atoms with van der Waals surface area (Å²) >= 11 is 0. The molecule has 2 aromatic rings. The summed E-state index contributed by atoms with van der Waals surface area (Å²) in [4.78, 5) is 35.9. The zero-order valence-electron chi connectivity index (χ0n) is 52.3. The fraction of sp³-hybridized carbons (Fsp3) is 0.767. The van der Waals surface area contributed by atoms with Crippen molar-refractivity contribution < 1.29 is 29.3 Å². The van der Waals surface area contributed by atoms with E-state index in [0.717, 1.165) is 106 Å². The number of nitrogens with one attached hydrogen (secondary N) is 2. The van der Waals surface area contributed by atoms with Crippen LogP contribution in [0.25, 0.3) is 0 Å². The number of fused-ring (bicyclic) bond motifs is 3. The van der Waals surface area contributed by atoms with E-state index in [-0.39, 0.29) is 69.0 Å². The van der Waals surface area contributed by atoms with Crippen LogP contribution in [0.15, 0.2) is 53.5 Å². The Morgan fingerprint density at radius 2 is 1.66 bits per heavy atom. The third-order valence-corrected chi connectivity index (χ3v) is 31.4. The molecule has 18 rings (SSSR count). The van der Waals surface area contributed by atoms with E-state index in [4.69, 9.17) is 20.2 Å². The first-order valence-corrected chi connectivity index (χ1v) is 37.6. The molecule has 13 heteroatoms. The smallest absolute Gasteiger partial charge is 0.303 e. The number of aliphatic hydroxyl groups is 1. The van der Waals surface area contributed by atoms with Gasteiger partial charge in [-0.25, -0.2) is 0 Å². The highest BCUT2D eigenvalue weighted by Crippen LogP contribution is 2.80. The highest BCUT2D eigenvalue weighted by atomic mass is 33.1. The van der Waals surface area contributed by atoms with Gasteiger partial charge in [0.2, 0.25) is 5.91 Å². The van der Waals surface area contributed by atoms with E-state index in [1.165, 1.54) is 115 Å². The largest absolute Gasteiger partial charge is 0.504 e. The van der Waals surface area contributed by atoms with Gasteiger partial charge in [-0.3, -0.25) is 14.6 Å². The van der Waals surface area contributed by atoms with Gasteiger partial charge in [-0.05, 0) is 249 Å². The van der Waals surface area contributed by atoms with Crippen LogP contribution in [0.4, 0.5) is 0 Å². The number of carbonyl (C=O) groups excluding carboxylic acids is 2. The third kappa shape index (κ3) is 9.36. The van der Waals surface area contributed by atoms with Crippen molar-refractivity contribution in [2.45, 2.75) is 253 Å². The molecule has 9 saturated carbocycles. The van der Waals surface area contributed by atoms with Crippen LogP contribution >= 0.6 is 21.6 Å². The van der Waals surface area contributed by atoms with E-state index in [9.17, 15) is 15.0 Å². The van der Waals surface area contributed by atoms with Crippen LogP contribution in [0.1, 0.15) is 241 Å². The van der Waals surface area contributed by atoms with Crippen LogP contribution in [0.2, 0.25) is 0 Å². The number of hydrogen-bond acceptors (Lipinski definition) is 12. The number of nitrogens with two attached hydrogens (primary N) is 1. The summed E-state index contributed by atoms with van der Waals surface area (Å²) in [5.41, 5.74) is 11.1. The topological polar surface area (TPSA) is 159 Å². The molecule has 1 amide bonds. The number of aliphatic imine (C=N–C) groups is 1. The molecule has 11 nitrogen and oxygen atoms in total. The Labute approximate surface area is 522 Å². The van der Waals surface area contributed by atoms with Crippen LogP contribution in [-0.4, -0.2) is 87.1 Å². The van der Waals surface area contributed by atoms with E-state index in [0.29, 0.717) is 79.1 Å². The molecule has 10 bridgehead atoms. The highest BCUT2D eigenvalue weighted by molar-refractivity contribution is 8.77. The van der Waals surface area contributed by atoms with Gasteiger partial charge in [0.15, 0.2) is 17.5 Å². The molecule has 468 valence electrons. The Morgan fingerprint density at radius 1 is 0.849 bits per heavy atom. The van der Waals surface area contributed by atoms with Crippen molar-refractivity contribution in [2.24, 2.45) is 73.3 Å². The SMILES string of the molecule is CCNCC1CCC2(CCC3(CC4CCC3CSSC3(CCCC35CCCC5)NC(N)=NCC3CCC(c5ccccc5)C35CC(=O)N(Cc3cc(c6c(c3O)OC37C=CC6CC3CCC7)CCC3(OC(C)=O)CCC4C(O)C3)C5)C23CCCC3)C1. The summed E-state index contributed by atoms with van der Waals surface area (Å²) in [7, 11) is 4.36. The average Bonchev–Trinajstić information content (AvgIpc) is 1.52. The Balaban J connectivity index is 0.825. The first kappa shape index (κ1) is 58.9. The van der Waals surface area contributed by atoms with Crippen molar-refractivity contribution in [2.75, 3.05) is 31.9 Å². The molecule has 10 fully saturated rings. The number of phenolic OH excluding ortho intramolecular Hbond substituents is 1. The molecule has 10 aliphatic carbocycles. The van der Waals surface area contributed by atoms with Crippen LogP contribution in [0, 0.1) is 62.6 Å².